The summed E-state index contributed by atoms with van der Waals surface area (Å²) in [6.45, 7) is 19.6. The smallest absolute Gasteiger partial charge is 0.183 e. The van der Waals surface area contributed by atoms with Gasteiger partial charge in [-0.2, -0.15) is 0 Å². The Balaban J connectivity index is 3.14. The Bertz CT molecular complexity index is 274. The fourth-order valence-corrected chi connectivity index (χ4v) is 2.74. The first kappa shape index (κ1) is 15.9. The molecule has 1 saturated heterocycles. The molecule has 0 aromatic carbocycles. The monoisotopic (exact) mass is 258 g/mol. The highest BCUT2D eigenvalue weighted by Gasteiger charge is 2.57. The quantitative estimate of drug-likeness (QED) is 0.652. The molecule has 3 heteroatoms. The van der Waals surface area contributed by atoms with Crippen molar-refractivity contribution in [1.82, 2.24) is 0 Å². The minimum Gasteiger partial charge on any atom is -0.326 e. The van der Waals surface area contributed by atoms with Crippen molar-refractivity contribution in [3.63, 3.8) is 0 Å². The Morgan fingerprint density at radius 3 is 1.61 bits per heavy atom. The number of ether oxygens (including phenoxy) is 3. The Labute approximate surface area is 112 Å². The van der Waals surface area contributed by atoms with E-state index in [9.17, 15) is 0 Å². The summed E-state index contributed by atoms with van der Waals surface area (Å²) >= 11 is 0. The highest BCUT2D eigenvalue weighted by atomic mass is 16.9. The van der Waals surface area contributed by atoms with Crippen molar-refractivity contribution in [2.24, 2.45) is 16.2 Å². The van der Waals surface area contributed by atoms with Crippen LogP contribution in [0.4, 0.5) is 0 Å². The molecule has 0 spiro atoms. The lowest BCUT2D eigenvalue weighted by Gasteiger charge is -2.56. The highest BCUT2D eigenvalue weighted by molar-refractivity contribution is 4.96. The van der Waals surface area contributed by atoms with E-state index >= 15 is 0 Å². The fourth-order valence-electron chi connectivity index (χ4n) is 2.74. The first-order valence-corrected chi connectivity index (χ1v) is 6.75. The molecule has 1 rings (SSSR count). The number of hydrogen-bond donors (Lipinski definition) is 0. The van der Waals surface area contributed by atoms with Crippen molar-refractivity contribution < 1.29 is 14.2 Å². The molecule has 0 amide bonds. The highest BCUT2D eigenvalue weighted by Crippen LogP contribution is 2.51. The molecule has 0 saturated carbocycles. The Morgan fingerprint density at radius 2 is 1.28 bits per heavy atom. The maximum atomic E-state index is 6.32. The minimum atomic E-state index is -0.643. The second-order valence-corrected chi connectivity index (χ2v) is 8.36. The van der Waals surface area contributed by atoms with Gasteiger partial charge in [0.15, 0.2) is 18.9 Å². The maximum Gasteiger partial charge on any atom is 0.183 e. The molecule has 108 valence electrons. The predicted molar refractivity (Wildman–Crippen MR) is 73.0 cm³/mol. The topological polar surface area (TPSA) is 27.7 Å². The molecule has 18 heavy (non-hydrogen) atoms. The zero-order valence-electron chi connectivity index (χ0n) is 13.5. The summed E-state index contributed by atoms with van der Waals surface area (Å²) in [5, 5.41) is 0. The molecular weight excluding hydrogens is 228 g/mol. The van der Waals surface area contributed by atoms with Crippen molar-refractivity contribution in [3.05, 3.63) is 0 Å². The molecule has 1 fully saturated rings. The van der Waals surface area contributed by atoms with Crippen LogP contribution in [0.1, 0.15) is 62.3 Å². The molecule has 3 nitrogen and oxygen atoms in total. The molecule has 0 N–H and O–H groups in total. The first-order chi connectivity index (χ1) is 7.81. The lowest BCUT2D eigenvalue weighted by atomic mass is 9.70. The maximum absolute atomic E-state index is 6.32. The van der Waals surface area contributed by atoms with Crippen LogP contribution < -0.4 is 0 Å². The molecular formula is C15H30O3. The van der Waals surface area contributed by atoms with E-state index < -0.39 is 5.79 Å². The second kappa shape index (κ2) is 4.46. The molecule has 0 aromatic rings. The van der Waals surface area contributed by atoms with Gasteiger partial charge in [-0.25, -0.2) is 0 Å². The molecule has 1 aliphatic heterocycles. The Morgan fingerprint density at radius 1 is 0.833 bits per heavy atom. The van der Waals surface area contributed by atoms with E-state index in [-0.39, 0.29) is 29.3 Å². The van der Waals surface area contributed by atoms with Gasteiger partial charge in [-0.1, -0.05) is 62.3 Å². The predicted octanol–water partition coefficient (Wildman–Crippen LogP) is 4.17. The molecule has 1 aliphatic rings. The van der Waals surface area contributed by atoms with Crippen molar-refractivity contribution in [2.45, 2.75) is 74.4 Å². The SMILES string of the molecule is CC(C)(C)C1OCOC(C(C)(C)C)(C(C)(C)C)O1. The van der Waals surface area contributed by atoms with Gasteiger partial charge in [0.05, 0.1) is 0 Å². The van der Waals surface area contributed by atoms with Crippen LogP contribution in [-0.2, 0) is 14.2 Å². The lowest BCUT2D eigenvalue weighted by molar-refractivity contribution is -0.465. The third kappa shape index (κ3) is 2.73. The Hall–Kier alpha value is -0.120. The van der Waals surface area contributed by atoms with Crippen molar-refractivity contribution in [3.8, 4) is 0 Å². The van der Waals surface area contributed by atoms with Crippen LogP contribution in [0, 0.1) is 16.2 Å². The standard InChI is InChI=1S/C15H30O3/c1-12(2,3)11-16-10-17-15(18-11,13(4,5)6)14(7,8)9/h11H,10H2,1-9H3. The van der Waals surface area contributed by atoms with Crippen LogP contribution in [0.5, 0.6) is 0 Å². The van der Waals surface area contributed by atoms with Gasteiger partial charge in [-0.3, -0.25) is 0 Å². The first-order valence-electron chi connectivity index (χ1n) is 6.75. The van der Waals surface area contributed by atoms with Gasteiger partial charge in [0.2, 0.25) is 0 Å². The second-order valence-electron chi connectivity index (χ2n) is 8.36. The van der Waals surface area contributed by atoms with Crippen molar-refractivity contribution in [1.29, 1.82) is 0 Å². The number of hydrogen-bond acceptors (Lipinski definition) is 3. The third-order valence-corrected chi connectivity index (χ3v) is 3.44. The van der Waals surface area contributed by atoms with Gasteiger partial charge in [0.25, 0.3) is 0 Å². The van der Waals surface area contributed by atoms with Crippen LogP contribution >= 0.6 is 0 Å². The summed E-state index contributed by atoms with van der Waals surface area (Å²) in [6, 6.07) is 0. The fraction of sp³-hybridized carbons (Fsp3) is 1.00. The van der Waals surface area contributed by atoms with Gasteiger partial charge in [0, 0.05) is 16.2 Å². The van der Waals surface area contributed by atoms with E-state index in [4.69, 9.17) is 14.2 Å². The van der Waals surface area contributed by atoms with Gasteiger partial charge in [0.1, 0.15) is 0 Å². The molecule has 1 heterocycles. The average Bonchev–Trinajstić information content (AvgIpc) is 2.13. The van der Waals surface area contributed by atoms with Gasteiger partial charge >= 0.3 is 0 Å². The van der Waals surface area contributed by atoms with Crippen LogP contribution in [0.25, 0.3) is 0 Å². The summed E-state index contributed by atoms with van der Waals surface area (Å²) in [6.07, 6.45) is -0.246. The van der Waals surface area contributed by atoms with Gasteiger partial charge in [-0.15, -0.1) is 0 Å². The molecule has 1 atom stereocenters. The average molecular weight is 258 g/mol. The Kier molecular flexibility index (Phi) is 3.95. The summed E-state index contributed by atoms with van der Waals surface area (Å²) in [5.74, 6) is -0.643. The van der Waals surface area contributed by atoms with E-state index in [1.165, 1.54) is 0 Å². The van der Waals surface area contributed by atoms with Crippen molar-refractivity contribution in [2.75, 3.05) is 6.79 Å². The lowest BCUT2D eigenvalue weighted by Crippen LogP contribution is -2.63. The van der Waals surface area contributed by atoms with Gasteiger partial charge < -0.3 is 14.2 Å². The van der Waals surface area contributed by atoms with Gasteiger partial charge in [-0.05, 0) is 0 Å². The van der Waals surface area contributed by atoms with Crippen LogP contribution in [0.2, 0.25) is 0 Å². The molecule has 0 aromatic heterocycles. The van der Waals surface area contributed by atoms with E-state index in [1.54, 1.807) is 0 Å². The summed E-state index contributed by atoms with van der Waals surface area (Å²) in [5.41, 5.74) is -0.317. The van der Waals surface area contributed by atoms with E-state index in [0.717, 1.165) is 0 Å². The molecule has 0 radical (unpaired) electrons. The molecule has 0 aliphatic carbocycles. The van der Waals surface area contributed by atoms with E-state index in [1.807, 2.05) is 0 Å². The van der Waals surface area contributed by atoms with E-state index in [2.05, 4.69) is 62.3 Å². The normalized spacial score (nSPS) is 26.2. The van der Waals surface area contributed by atoms with Crippen LogP contribution in [0.15, 0.2) is 0 Å². The largest absolute Gasteiger partial charge is 0.326 e. The summed E-state index contributed by atoms with van der Waals surface area (Å²) < 4.78 is 17.9. The van der Waals surface area contributed by atoms with E-state index in [0.29, 0.717) is 0 Å². The third-order valence-electron chi connectivity index (χ3n) is 3.44. The minimum absolute atomic E-state index is 0.0640. The summed E-state index contributed by atoms with van der Waals surface area (Å²) in [4.78, 5) is 0. The number of rotatable bonds is 0. The van der Waals surface area contributed by atoms with Crippen molar-refractivity contribution >= 4 is 0 Å². The zero-order chi connectivity index (χ0) is 14.4. The zero-order valence-corrected chi connectivity index (χ0v) is 13.5. The molecule has 1 unspecified atom stereocenters. The van der Waals surface area contributed by atoms with Crippen LogP contribution in [0.3, 0.4) is 0 Å². The van der Waals surface area contributed by atoms with Crippen LogP contribution in [-0.4, -0.2) is 18.9 Å². The molecule has 0 bridgehead atoms. The summed E-state index contributed by atoms with van der Waals surface area (Å²) in [7, 11) is 0.